The summed E-state index contributed by atoms with van der Waals surface area (Å²) in [5.41, 5.74) is 4.65. The van der Waals surface area contributed by atoms with Crippen LogP contribution in [-0.2, 0) is 11.3 Å². The number of carbonyl (C=O) groups is 2. The lowest BCUT2D eigenvalue weighted by atomic mass is 9.90. The molecule has 3 aromatic rings. The van der Waals surface area contributed by atoms with Crippen LogP contribution < -0.4 is 4.90 Å². The summed E-state index contributed by atoms with van der Waals surface area (Å²) in [7, 11) is 0. The Balaban J connectivity index is 1.24. The first-order valence-electron chi connectivity index (χ1n) is 12.3. The van der Waals surface area contributed by atoms with Gasteiger partial charge in [0.2, 0.25) is 0 Å². The first-order chi connectivity index (χ1) is 17.6. The number of carboxylic acids is 1. The summed E-state index contributed by atoms with van der Waals surface area (Å²) in [5.74, 6) is -2.20. The Bertz CT molecular complexity index is 1320. The van der Waals surface area contributed by atoms with E-state index in [2.05, 4.69) is 17.0 Å². The Labute approximate surface area is 214 Å². The van der Waals surface area contributed by atoms with Gasteiger partial charge in [-0.25, -0.2) is 18.4 Å². The van der Waals surface area contributed by atoms with Gasteiger partial charge in [0.05, 0.1) is 12.1 Å². The van der Waals surface area contributed by atoms with Crippen molar-refractivity contribution in [1.29, 1.82) is 0 Å². The zero-order valence-corrected chi connectivity index (χ0v) is 20.8. The third-order valence-corrected chi connectivity index (χ3v) is 7.31. The van der Waals surface area contributed by atoms with Crippen LogP contribution in [-0.4, -0.2) is 47.3 Å². The quantitative estimate of drug-likeness (QED) is 0.464. The predicted octanol–water partition coefficient (Wildman–Crippen LogP) is 5.94. The SMILES string of the molecule is Cc1cc(CN2CCC3(CC2)CN(c2ccc(C(=O)O)cc2)C(=O)O3)cc(C)c1-c1cc(F)cc(F)c1. The van der Waals surface area contributed by atoms with E-state index >= 15 is 0 Å². The van der Waals surface area contributed by atoms with Gasteiger partial charge in [0.25, 0.3) is 0 Å². The van der Waals surface area contributed by atoms with E-state index in [1.165, 1.54) is 24.3 Å². The lowest BCUT2D eigenvalue weighted by Crippen LogP contribution is -2.46. The zero-order valence-electron chi connectivity index (χ0n) is 20.8. The van der Waals surface area contributed by atoms with E-state index in [1.807, 2.05) is 13.8 Å². The van der Waals surface area contributed by atoms with E-state index in [0.717, 1.165) is 48.0 Å². The van der Waals surface area contributed by atoms with Gasteiger partial charge in [-0.15, -0.1) is 0 Å². The first kappa shape index (κ1) is 24.9. The van der Waals surface area contributed by atoms with Crippen molar-refractivity contribution in [1.82, 2.24) is 4.90 Å². The molecule has 8 heteroatoms. The number of likely N-dealkylation sites (tertiary alicyclic amines) is 1. The van der Waals surface area contributed by atoms with Crippen molar-refractivity contribution in [2.75, 3.05) is 24.5 Å². The van der Waals surface area contributed by atoms with E-state index < -0.39 is 29.3 Å². The summed E-state index contributed by atoms with van der Waals surface area (Å²) in [6.45, 7) is 6.58. The zero-order chi connectivity index (χ0) is 26.3. The first-order valence-corrected chi connectivity index (χ1v) is 12.3. The molecule has 192 valence electrons. The number of amides is 1. The average Bonchev–Trinajstić information content (AvgIpc) is 3.15. The molecule has 1 amide bonds. The Kier molecular flexibility index (Phi) is 6.45. The minimum absolute atomic E-state index is 0.168. The monoisotopic (exact) mass is 506 g/mol. The number of nitrogens with zero attached hydrogens (tertiary/aromatic N) is 2. The molecule has 0 atom stereocenters. The van der Waals surface area contributed by atoms with Crippen molar-refractivity contribution in [2.24, 2.45) is 0 Å². The highest BCUT2D eigenvalue weighted by Crippen LogP contribution is 2.37. The molecule has 6 nitrogen and oxygen atoms in total. The van der Waals surface area contributed by atoms with Gasteiger partial charge in [-0.05, 0) is 78.1 Å². The number of carbonyl (C=O) groups excluding carboxylic acids is 1. The molecule has 0 radical (unpaired) electrons. The third kappa shape index (κ3) is 5.06. The Hall–Kier alpha value is -3.78. The van der Waals surface area contributed by atoms with Gasteiger partial charge in [0, 0.05) is 44.2 Å². The van der Waals surface area contributed by atoms with E-state index in [-0.39, 0.29) is 5.56 Å². The number of carboxylic acid groups (broad SMARTS) is 1. The normalized spacial score (nSPS) is 17.3. The third-order valence-electron chi connectivity index (χ3n) is 7.31. The summed E-state index contributed by atoms with van der Waals surface area (Å²) >= 11 is 0. The summed E-state index contributed by atoms with van der Waals surface area (Å²) in [5, 5.41) is 9.10. The summed E-state index contributed by atoms with van der Waals surface area (Å²) < 4.78 is 33.4. The highest BCUT2D eigenvalue weighted by molar-refractivity contribution is 5.92. The molecule has 3 aromatic carbocycles. The molecule has 0 aliphatic carbocycles. The topological polar surface area (TPSA) is 70.1 Å². The van der Waals surface area contributed by atoms with Crippen molar-refractivity contribution < 1.29 is 28.2 Å². The molecule has 2 fully saturated rings. The Morgan fingerprint density at radius 2 is 1.57 bits per heavy atom. The fraction of sp³-hybridized carbons (Fsp3) is 0.310. The molecule has 37 heavy (non-hydrogen) atoms. The van der Waals surface area contributed by atoms with Crippen LogP contribution in [0.2, 0.25) is 0 Å². The van der Waals surface area contributed by atoms with E-state index in [1.54, 1.807) is 17.0 Å². The van der Waals surface area contributed by atoms with Gasteiger partial charge in [0.1, 0.15) is 17.2 Å². The van der Waals surface area contributed by atoms with Crippen LogP contribution in [0.15, 0.2) is 54.6 Å². The number of benzene rings is 3. The van der Waals surface area contributed by atoms with Crippen LogP contribution in [0.25, 0.3) is 11.1 Å². The van der Waals surface area contributed by atoms with Crippen molar-refractivity contribution in [3.63, 3.8) is 0 Å². The number of aromatic carboxylic acids is 1. The number of hydrogen-bond acceptors (Lipinski definition) is 4. The maximum atomic E-state index is 13.8. The van der Waals surface area contributed by atoms with Crippen molar-refractivity contribution in [3.05, 3.63) is 88.5 Å². The van der Waals surface area contributed by atoms with E-state index in [4.69, 9.17) is 9.84 Å². The molecule has 0 bridgehead atoms. The molecule has 0 unspecified atom stereocenters. The number of aryl methyl sites for hydroxylation is 2. The van der Waals surface area contributed by atoms with Crippen LogP contribution in [0.3, 0.4) is 0 Å². The van der Waals surface area contributed by atoms with Gasteiger partial charge in [-0.2, -0.15) is 0 Å². The molecule has 1 spiro atoms. The maximum absolute atomic E-state index is 13.8. The highest BCUT2D eigenvalue weighted by Gasteiger charge is 2.47. The number of piperidine rings is 1. The number of hydrogen-bond donors (Lipinski definition) is 1. The van der Waals surface area contributed by atoms with Gasteiger partial charge >= 0.3 is 12.1 Å². The fourth-order valence-electron chi connectivity index (χ4n) is 5.54. The summed E-state index contributed by atoms with van der Waals surface area (Å²) in [6, 6.07) is 13.9. The van der Waals surface area contributed by atoms with Gasteiger partial charge in [-0.3, -0.25) is 9.80 Å². The Morgan fingerprint density at radius 1 is 0.973 bits per heavy atom. The van der Waals surface area contributed by atoms with Crippen LogP contribution in [0.1, 0.15) is 39.9 Å². The molecular weight excluding hydrogens is 478 g/mol. The lowest BCUT2D eigenvalue weighted by Gasteiger charge is -2.37. The molecule has 0 saturated carbocycles. The minimum atomic E-state index is -1.01. The summed E-state index contributed by atoms with van der Waals surface area (Å²) in [6.07, 6.45) is 0.981. The molecule has 2 aliphatic rings. The molecular formula is C29H28F2N2O4. The Morgan fingerprint density at radius 3 is 2.14 bits per heavy atom. The standard InChI is InChI=1S/C29H28F2N2O4/c1-18-11-20(12-19(2)26(18)22-13-23(30)15-24(31)14-22)16-32-9-7-29(8-10-32)17-33(28(36)37-29)25-5-3-21(4-6-25)27(34)35/h3-6,11-15H,7-10,16-17H2,1-2H3,(H,34,35). The summed E-state index contributed by atoms with van der Waals surface area (Å²) in [4.78, 5) is 27.6. The second kappa shape index (κ2) is 9.59. The van der Waals surface area contributed by atoms with Crippen molar-refractivity contribution >= 4 is 17.7 Å². The largest absolute Gasteiger partial charge is 0.478 e. The van der Waals surface area contributed by atoms with Crippen LogP contribution in [0, 0.1) is 25.5 Å². The molecule has 2 heterocycles. The van der Waals surface area contributed by atoms with Gasteiger partial charge in [0.15, 0.2) is 0 Å². The minimum Gasteiger partial charge on any atom is -0.478 e. The van der Waals surface area contributed by atoms with Crippen molar-refractivity contribution in [3.8, 4) is 11.1 Å². The van der Waals surface area contributed by atoms with Gasteiger partial charge in [-0.1, -0.05) is 12.1 Å². The van der Waals surface area contributed by atoms with E-state index in [9.17, 15) is 18.4 Å². The number of rotatable bonds is 5. The molecule has 1 N–H and O–H groups in total. The van der Waals surface area contributed by atoms with Crippen LogP contribution in [0.4, 0.5) is 19.3 Å². The van der Waals surface area contributed by atoms with Gasteiger partial charge < -0.3 is 9.84 Å². The van der Waals surface area contributed by atoms with Crippen molar-refractivity contribution in [2.45, 2.75) is 38.8 Å². The maximum Gasteiger partial charge on any atom is 0.415 e. The molecule has 2 aliphatic heterocycles. The second-order valence-electron chi connectivity index (χ2n) is 10.0. The van der Waals surface area contributed by atoms with Crippen LogP contribution >= 0.6 is 0 Å². The average molecular weight is 507 g/mol. The lowest BCUT2D eigenvalue weighted by molar-refractivity contribution is -0.000987. The second-order valence-corrected chi connectivity index (χ2v) is 10.0. The van der Waals surface area contributed by atoms with E-state index in [0.29, 0.717) is 30.6 Å². The number of anilines is 1. The predicted molar refractivity (Wildman–Crippen MR) is 136 cm³/mol. The number of ether oxygens (including phenoxy) is 1. The van der Waals surface area contributed by atoms with Crippen LogP contribution in [0.5, 0.6) is 0 Å². The molecule has 0 aromatic heterocycles. The molecule has 5 rings (SSSR count). The highest BCUT2D eigenvalue weighted by atomic mass is 19.1. The fourth-order valence-corrected chi connectivity index (χ4v) is 5.54. The molecule has 2 saturated heterocycles. The smallest absolute Gasteiger partial charge is 0.415 e. The number of halogens is 2.